The number of carbonyl (C=O) groups is 2. The van der Waals surface area contributed by atoms with E-state index in [2.05, 4.69) is 47.1 Å². The third-order valence-corrected chi connectivity index (χ3v) is 7.11. The van der Waals surface area contributed by atoms with E-state index in [0.29, 0.717) is 19.3 Å². The number of carboxylic acids is 1. The summed E-state index contributed by atoms with van der Waals surface area (Å²) in [5.41, 5.74) is 5.37. The molecular weight excluding hydrogens is 406 g/mol. The van der Waals surface area contributed by atoms with Crippen LogP contribution in [0.2, 0.25) is 0 Å². The fourth-order valence-electron chi connectivity index (χ4n) is 4.35. The maximum absolute atomic E-state index is 13.0. The molecule has 1 fully saturated rings. The Hall–Kier alpha value is -2.92. The molecule has 0 atom stereocenters. The lowest BCUT2D eigenvalue weighted by Crippen LogP contribution is -2.39. The van der Waals surface area contributed by atoms with Crippen LogP contribution in [0.15, 0.2) is 60.0 Å². The molecule has 0 radical (unpaired) electrons. The number of aliphatic carboxylic acids is 1. The number of hydrogen-bond donors (Lipinski definition) is 2. The lowest BCUT2D eigenvalue weighted by molar-refractivity contribution is -0.142. The fourth-order valence-corrected chi connectivity index (χ4v) is 5.21. The van der Waals surface area contributed by atoms with Crippen molar-refractivity contribution >= 4 is 23.2 Å². The Kier molecular flexibility index (Phi) is 6.52. The minimum absolute atomic E-state index is 0.0339. The van der Waals surface area contributed by atoms with Crippen LogP contribution < -0.4 is 5.32 Å². The highest BCUT2D eigenvalue weighted by molar-refractivity contribution is 7.10. The number of rotatable bonds is 6. The summed E-state index contributed by atoms with van der Waals surface area (Å²) in [5.74, 6) is -1.03. The van der Waals surface area contributed by atoms with E-state index in [1.807, 2.05) is 25.1 Å². The maximum Gasteiger partial charge on any atom is 0.306 e. The van der Waals surface area contributed by atoms with Gasteiger partial charge in [0.1, 0.15) is 0 Å². The average molecular weight is 434 g/mol. The second-order valence-corrected chi connectivity index (χ2v) is 9.38. The third-order valence-electron chi connectivity index (χ3n) is 6.15. The second kappa shape index (κ2) is 9.48. The van der Waals surface area contributed by atoms with Gasteiger partial charge >= 0.3 is 5.97 Å². The number of hydrogen-bond acceptors (Lipinski definition) is 3. The highest BCUT2D eigenvalue weighted by Crippen LogP contribution is 2.28. The van der Waals surface area contributed by atoms with Crippen LogP contribution >= 0.6 is 11.3 Å². The van der Waals surface area contributed by atoms with Crippen LogP contribution in [0.3, 0.4) is 0 Å². The van der Waals surface area contributed by atoms with E-state index in [1.54, 1.807) is 11.3 Å². The first kappa shape index (κ1) is 21.3. The van der Waals surface area contributed by atoms with Crippen molar-refractivity contribution in [2.75, 3.05) is 0 Å². The Morgan fingerprint density at radius 2 is 1.61 bits per heavy atom. The normalized spacial score (nSPS) is 18.5. The molecule has 0 saturated heterocycles. The van der Waals surface area contributed by atoms with Gasteiger partial charge in [0.2, 0.25) is 0 Å². The maximum atomic E-state index is 13.0. The summed E-state index contributed by atoms with van der Waals surface area (Å²) < 4.78 is 0. The van der Waals surface area contributed by atoms with Crippen molar-refractivity contribution in [1.82, 2.24) is 5.32 Å². The molecule has 5 heteroatoms. The first-order chi connectivity index (χ1) is 15.0. The summed E-state index contributed by atoms with van der Waals surface area (Å²) in [5, 5.41) is 14.4. The molecule has 4 rings (SSSR count). The molecule has 0 bridgehead atoms. The molecule has 0 aliphatic heterocycles. The summed E-state index contributed by atoms with van der Waals surface area (Å²) in [6, 6.07) is 18.9. The fraction of sp³-hybridized carbons (Fsp3) is 0.308. The predicted molar refractivity (Wildman–Crippen MR) is 125 cm³/mol. The van der Waals surface area contributed by atoms with Gasteiger partial charge in [-0.25, -0.2) is 0 Å². The molecule has 1 aliphatic rings. The van der Waals surface area contributed by atoms with E-state index in [9.17, 15) is 9.59 Å². The van der Waals surface area contributed by atoms with E-state index in [0.717, 1.165) is 28.8 Å². The molecule has 0 spiro atoms. The zero-order valence-electron chi connectivity index (χ0n) is 17.6. The molecule has 1 amide bonds. The average Bonchev–Trinajstić information content (AvgIpc) is 3.15. The van der Waals surface area contributed by atoms with Crippen molar-refractivity contribution in [3.63, 3.8) is 0 Å². The molecule has 1 aliphatic carbocycles. The van der Waals surface area contributed by atoms with Crippen molar-refractivity contribution in [3.05, 3.63) is 81.5 Å². The number of nitrogens with one attached hydrogen (secondary N) is 1. The van der Waals surface area contributed by atoms with Crippen LogP contribution in [0.5, 0.6) is 0 Å². The van der Waals surface area contributed by atoms with Gasteiger partial charge < -0.3 is 10.4 Å². The van der Waals surface area contributed by atoms with E-state index in [-0.39, 0.29) is 17.9 Å². The van der Waals surface area contributed by atoms with Crippen LogP contribution in [-0.4, -0.2) is 23.0 Å². The number of amides is 1. The van der Waals surface area contributed by atoms with Gasteiger partial charge in [-0.3, -0.25) is 9.59 Å². The molecule has 1 aromatic heterocycles. The van der Waals surface area contributed by atoms with Gasteiger partial charge in [-0.2, -0.15) is 0 Å². The van der Waals surface area contributed by atoms with E-state index >= 15 is 0 Å². The van der Waals surface area contributed by atoms with Crippen LogP contribution in [0.1, 0.15) is 52.0 Å². The molecule has 4 nitrogen and oxygen atoms in total. The molecule has 160 valence electrons. The van der Waals surface area contributed by atoms with E-state index < -0.39 is 5.97 Å². The third kappa shape index (κ3) is 5.05. The van der Waals surface area contributed by atoms with Crippen molar-refractivity contribution in [2.24, 2.45) is 5.92 Å². The zero-order valence-corrected chi connectivity index (χ0v) is 18.5. The van der Waals surface area contributed by atoms with E-state index in [4.69, 9.17) is 5.11 Å². The first-order valence-electron chi connectivity index (χ1n) is 10.8. The van der Waals surface area contributed by atoms with Gasteiger partial charge in [0.25, 0.3) is 5.91 Å². The molecule has 3 aromatic rings. The lowest BCUT2D eigenvalue weighted by Gasteiger charge is -2.27. The van der Waals surface area contributed by atoms with Crippen molar-refractivity contribution in [2.45, 2.75) is 45.1 Å². The molecule has 2 aromatic carbocycles. The number of benzene rings is 2. The Morgan fingerprint density at radius 3 is 2.26 bits per heavy atom. The Bertz CT molecular complexity index is 1050. The van der Waals surface area contributed by atoms with Crippen LogP contribution in [0.4, 0.5) is 0 Å². The minimum Gasteiger partial charge on any atom is -0.481 e. The zero-order chi connectivity index (χ0) is 21.8. The van der Waals surface area contributed by atoms with Crippen LogP contribution in [-0.2, 0) is 11.2 Å². The van der Waals surface area contributed by atoms with Gasteiger partial charge in [0, 0.05) is 10.9 Å². The number of carboxylic acid groups (broad SMARTS) is 1. The highest BCUT2D eigenvalue weighted by atomic mass is 32.1. The monoisotopic (exact) mass is 433 g/mol. The lowest BCUT2D eigenvalue weighted by atomic mass is 9.86. The smallest absolute Gasteiger partial charge is 0.306 e. The minimum atomic E-state index is -0.723. The number of aryl methyl sites for hydroxylation is 1. The second-order valence-electron chi connectivity index (χ2n) is 8.29. The molecule has 1 saturated carbocycles. The van der Waals surface area contributed by atoms with Crippen molar-refractivity contribution in [1.29, 1.82) is 0 Å². The summed E-state index contributed by atoms with van der Waals surface area (Å²) in [6.07, 6.45) is 3.42. The van der Waals surface area contributed by atoms with Crippen LogP contribution in [0.25, 0.3) is 11.1 Å². The Balaban J connectivity index is 1.43. The van der Waals surface area contributed by atoms with E-state index in [1.165, 1.54) is 16.7 Å². The standard InChI is InChI=1S/C26H27NO3S/c1-17-24(25(28)27-23-13-11-21(12-14-23)26(29)30)22(16-31-17)15-18-7-9-20(10-8-18)19-5-3-2-4-6-19/h2-10,16,21,23H,11-15H2,1H3,(H,27,28)(H,29,30). The van der Waals surface area contributed by atoms with Gasteiger partial charge in [0.05, 0.1) is 11.5 Å². The topological polar surface area (TPSA) is 66.4 Å². The van der Waals surface area contributed by atoms with Gasteiger partial charge in [0.15, 0.2) is 0 Å². The van der Waals surface area contributed by atoms with Gasteiger partial charge in [-0.05, 0) is 66.7 Å². The number of carbonyl (C=O) groups excluding carboxylic acids is 1. The molecule has 1 heterocycles. The molecular formula is C26H27NO3S. The summed E-state index contributed by atoms with van der Waals surface area (Å²) >= 11 is 1.61. The molecule has 31 heavy (non-hydrogen) atoms. The van der Waals surface area contributed by atoms with Gasteiger partial charge in [-0.15, -0.1) is 11.3 Å². The molecule has 2 N–H and O–H groups in total. The number of thiophene rings is 1. The first-order valence-corrected chi connectivity index (χ1v) is 11.6. The Morgan fingerprint density at radius 1 is 0.968 bits per heavy atom. The van der Waals surface area contributed by atoms with Crippen molar-refractivity contribution in [3.8, 4) is 11.1 Å². The summed E-state index contributed by atoms with van der Waals surface area (Å²) in [6.45, 7) is 1.99. The predicted octanol–water partition coefficient (Wildman–Crippen LogP) is 5.69. The van der Waals surface area contributed by atoms with Crippen molar-refractivity contribution < 1.29 is 14.7 Å². The molecule has 0 unspecified atom stereocenters. The largest absolute Gasteiger partial charge is 0.481 e. The van der Waals surface area contributed by atoms with Crippen LogP contribution in [0, 0.1) is 12.8 Å². The summed E-state index contributed by atoms with van der Waals surface area (Å²) in [7, 11) is 0. The Labute approximate surface area is 186 Å². The quantitative estimate of drug-likeness (QED) is 0.525. The summed E-state index contributed by atoms with van der Waals surface area (Å²) in [4.78, 5) is 25.2. The SMILES string of the molecule is Cc1scc(Cc2ccc(-c3ccccc3)cc2)c1C(=O)NC1CCC(C(=O)O)CC1. The highest BCUT2D eigenvalue weighted by Gasteiger charge is 2.28. The van der Waals surface area contributed by atoms with Gasteiger partial charge in [-0.1, -0.05) is 54.6 Å².